The van der Waals surface area contributed by atoms with Crippen LogP contribution in [0, 0.1) is 0 Å². The van der Waals surface area contributed by atoms with E-state index in [1.54, 1.807) is 0 Å². The average Bonchev–Trinajstić information content (AvgIpc) is 2.85. The summed E-state index contributed by atoms with van der Waals surface area (Å²) < 4.78 is 1.87. The number of nitrogens with one attached hydrogen (secondary N) is 2. The Hall–Kier alpha value is -0.220. The molecule has 0 radical (unpaired) electrons. The zero-order valence-corrected chi connectivity index (χ0v) is 18.6. The van der Waals surface area contributed by atoms with Crippen LogP contribution in [0.3, 0.4) is 0 Å². The van der Waals surface area contributed by atoms with Crippen LogP contribution in [0.4, 0.5) is 0 Å². The summed E-state index contributed by atoms with van der Waals surface area (Å²) in [6, 6.07) is 2.44. The third-order valence-corrected chi connectivity index (χ3v) is 5.70. The highest BCUT2D eigenvalue weighted by Gasteiger charge is 2.31. The minimum Gasteiger partial charge on any atom is -0.357 e. The van der Waals surface area contributed by atoms with Gasteiger partial charge < -0.3 is 15.2 Å². The van der Waals surface area contributed by atoms with E-state index in [4.69, 9.17) is 23.2 Å². The monoisotopic (exact) mass is 500 g/mol. The van der Waals surface area contributed by atoms with Gasteiger partial charge in [-0.25, -0.2) is 4.99 Å². The topological polar surface area (TPSA) is 47.8 Å². The molecule has 3 aliphatic rings. The fraction of sp³-hybridized carbons (Fsp3) is 0.688. The number of nitrogens with zero attached hydrogens (tertiary/aromatic N) is 4. The van der Waals surface area contributed by atoms with E-state index in [0.717, 1.165) is 31.3 Å². The van der Waals surface area contributed by atoms with E-state index in [1.165, 1.54) is 26.2 Å². The maximum absolute atomic E-state index is 6.11. The summed E-state index contributed by atoms with van der Waals surface area (Å²) in [6.45, 7) is 10.3. The molecule has 1 aromatic rings. The number of aliphatic imine (C=N–C) groups is 1. The Labute approximate surface area is 176 Å². The van der Waals surface area contributed by atoms with Gasteiger partial charge in [-0.1, -0.05) is 23.2 Å². The SMILES string of the molecule is CCNC(=NCc1cc(Cl)c(Cl)n1C)NCC1CN2CCN1CC2.I. The van der Waals surface area contributed by atoms with Gasteiger partial charge >= 0.3 is 0 Å². The van der Waals surface area contributed by atoms with Gasteiger partial charge in [-0.2, -0.15) is 0 Å². The van der Waals surface area contributed by atoms with Crippen LogP contribution < -0.4 is 10.6 Å². The lowest BCUT2D eigenvalue weighted by molar-refractivity contribution is 0.0154. The van der Waals surface area contributed by atoms with Gasteiger partial charge in [0.2, 0.25) is 0 Å². The van der Waals surface area contributed by atoms with Crippen molar-refractivity contribution in [3.63, 3.8) is 0 Å². The zero-order valence-electron chi connectivity index (χ0n) is 14.8. The van der Waals surface area contributed by atoms with Gasteiger partial charge in [0.15, 0.2) is 5.96 Å². The molecular weight excluding hydrogens is 474 g/mol. The van der Waals surface area contributed by atoms with Crippen LogP contribution in [0.25, 0.3) is 0 Å². The lowest BCUT2D eigenvalue weighted by atomic mass is 10.1. The number of aromatic nitrogens is 1. The fourth-order valence-corrected chi connectivity index (χ4v) is 3.79. The molecule has 3 aliphatic heterocycles. The maximum atomic E-state index is 6.11. The molecule has 25 heavy (non-hydrogen) atoms. The highest BCUT2D eigenvalue weighted by Crippen LogP contribution is 2.25. The fourth-order valence-electron chi connectivity index (χ4n) is 3.38. The second-order valence-electron chi connectivity index (χ2n) is 6.40. The minimum absolute atomic E-state index is 0. The largest absolute Gasteiger partial charge is 0.357 e. The highest BCUT2D eigenvalue weighted by molar-refractivity contribution is 14.0. The van der Waals surface area contributed by atoms with E-state index in [2.05, 4.69) is 32.3 Å². The van der Waals surface area contributed by atoms with Gasteiger partial charge in [-0.3, -0.25) is 9.80 Å². The number of hydrogen-bond donors (Lipinski definition) is 2. The molecule has 9 heteroatoms. The van der Waals surface area contributed by atoms with Gasteiger partial charge in [-0.15, -0.1) is 24.0 Å². The third-order valence-electron chi connectivity index (χ3n) is 4.86. The molecule has 1 atom stereocenters. The molecule has 0 aliphatic carbocycles. The molecule has 2 N–H and O–H groups in total. The van der Waals surface area contributed by atoms with Crippen molar-refractivity contribution in [2.75, 3.05) is 45.8 Å². The first kappa shape index (κ1) is 21.1. The molecule has 142 valence electrons. The molecule has 6 nitrogen and oxygen atoms in total. The molecule has 0 aromatic carbocycles. The molecule has 1 aromatic heterocycles. The van der Waals surface area contributed by atoms with Gasteiger partial charge in [0.25, 0.3) is 0 Å². The summed E-state index contributed by atoms with van der Waals surface area (Å²) in [5.74, 6) is 0.837. The van der Waals surface area contributed by atoms with Crippen LogP contribution in [0.5, 0.6) is 0 Å². The lowest BCUT2D eigenvalue weighted by Gasteiger charge is -2.47. The minimum atomic E-state index is 0. The van der Waals surface area contributed by atoms with Gasteiger partial charge in [-0.05, 0) is 13.0 Å². The molecule has 4 rings (SSSR count). The smallest absolute Gasteiger partial charge is 0.191 e. The van der Waals surface area contributed by atoms with Crippen molar-refractivity contribution >= 4 is 53.1 Å². The first-order valence-corrected chi connectivity index (χ1v) is 9.32. The first-order chi connectivity index (χ1) is 11.6. The predicted octanol–water partition coefficient (Wildman–Crippen LogP) is 2.00. The van der Waals surface area contributed by atoms with Gasteiger partial charge in [0.1, 0.15) is 5.15 Å². The summed E-state index contributed by atoms with van der Waals surface area (Å²) in [7, 11) is 1.90. The summed E-state index contributed by atoms with van der Waals surface area (Å²) >= 11 is 12.2. The highest BCUT2D eigenvalue weighted by atomic mass is 127. The molecular formula is C16H27Cl2IN6. The van der Waals surface area contributed by atoms with E-state index in [9.17, 15) is 0 Å². The number of fused-ring (bicyclic) bond motifs is 3. The standard InChI is InChI=1S/C16H26Cl2N6.HI/c1-3-19-16(20-9-12-8-14(17)15(18)22(12)2)21-10-13-11-23-4-6-24(13)7-5-23;/h8,13H,3-7,9-11H2,1-2H3,(H2,19,20,21);1H. The number of piperazine rings is 3. The number of halogens is 3. The van der Waals surface area contributed by atoms with E-state index < -0.39 is 0 Å². The summed E-state index contributed by atoms with van der Waals surface area (Å²) in [5.41, 5.74) is 0.994. The number of rotatable bonds is 5. The predicted molar refractivity (Wildman–Crippen MR) is 115 cm³/mol. The van der Waals surface area contributed by atoms with Crippen LogP contribution in [-0.2, 0) is 13.6 Å². The second kappa shape index (κ2) is 9.64. The van der Waals surface area contributed by atoms with Crippen LogP contribution in [-0.4, -0.2) is 72.2 Å². The van der Waals surface area contributed by atoms with Crippen LogP contribution >= 0.6 is 47.2 Å². The quantitative estimate of drug-likeness (QED) is 0.369. The Morgan fingerprint density at radius 3 is 2.48 bits per heavy atom. The Morgan fingerprint density at radius 2 is 1.96 bits per heavy atom. The molecule has 0 spiro atoms. The molecule has 1 unspecified atom stereocenters. The normalized spacial score (nSPS) is 25.6. The molecule has 3 fully saturated rings. The van der Waals surface area contributed by atoms with E-state index in [-0.39, 0.29) is 24.0 Å². The first-order valence-electron chi connectivity index (χ1n) is 8.56. The van der Waals surface area contributed by atoms with Crippen LogP contribution in [0.2, 0.25) is 10.2 Å². The number of hydrogen-bond acceptors (Lipinski definition) is 3. The maximum Gasteiger partial charge on any atom is 0.191 e. The third kappa shape index (κ3) is 5.15. The summed E-state index contributed by atoms with van der Waals surface area (Å²) in [5, 5.41) is 7.92. The Bertz CT molecular complexity index is 598. The van der Waals surface area contributed by atoms with Crippen molar-refractivity contribution in [1.82, 2.24) is 25.0 Å². The Morgan fingerprint density at radius 1 is 1.24 bits per heavy atom. The van der Waals surface area contributed by atoms with E-state index in [0.29, 0.717) is 22.8 Å². The van der Waals surface area contributed by atoms with Gasteiger partial charge in [0.05, 0.1) is 11.6 Å². The second-order valence-corrected chi connectivity index (χ2v) is 7.17. The molecule has 0 amide bonds. The molecule has 0 saturated carbocycles. The Kier molecular flexibility index (Phi) is 8.13. The van der Waals surface area contributed by atoms with Crippen molar-refractivity contribution < 1.29 is 0 Å². The number of guanidine groups is 1. The molecule has 4 heterocycles. The zero-order chi connectivity index (χ0) is 17.1. The van der Waals surface area contributed by atoms with E-state index >= 15 is 0 Å². The summed E-state index contributed by atoms with van der Waals surface area (Å²) in [6.07, 6.45) is 0. The summed E-state index contributed by atoms with van der Waals surface area (Å²) in [4.78, 5) is 9.79. The van der Waals surface area contributed by atoms with E-state index in [1.807, 2.05) is 17.7 Å². The lowest BCUT2D eigenvalue weighted by Crippen LogP contribution is -2.63. The van der Waals surface area contributed by atoms with Crippen molar-refractivity contribution in [3.05, 3.63) is 21.9 Å². The van der Waals surface area contributed by atoms with Crippen molar-refractivity contribution in [3.8, 4) is 0 Å². The van der Waals surface area contributed by atoms with Crippen LogP contribution in [0.1, 0.15) is 12.6 Å². The van der Waals surface area contributed by atoms with Gasteiger partial charge in [0, 0.05) is 64.6 Å². The average molecular weight is 501 g/mol. The van der Waals surface area contributed by atoms with Crippen LogP contribution in [0.15, 0.2) is 11.1 Å². The van der Waals surface area contributed by atoms with Crippen molar-refractivity contribution in [2.45, 2.75) is 19.5 Å². The van der Waals surface area contributed by atoms with Crippen molar-refractivity contribution in [2.24, 2.45) is 12.0 Å². The molecule has 3 saturated heterocycles. The molecule has 2 bridgehead atoms. The Balaban J connectivity index is 0.00000225. The van der Waals surface area contributed by atoms with Crippen molar-refractivity contribution in [1.29, 1.82) is 0 Å².